The number of β-amino-alcohol motifs (C(OH)–C–C–N with tert-alkyl or cyclic N) is 1. The number of hydrogen-bond acceptors (Lipinski definition) is 8. The monoisotopic (exact) mass is 501 g/mol. The van der Waals surface area contributed by atoms with Crippen molar-refractivity contribution in [2.75, 3.05) is 75.0 Å². The van der Waals surface area contributed by atoms with Crippen LogP contribution in [0, 0.1) is 6.92 Å². The first kappa shape index (κ1) is 25.4. The van der Waals surface area contributed by atoms with Crippen LogP contribution in [-0.4, -0.2) is 84.3 Å². The van der Waals surface area contributed by atoms with Crippen molar-refractivity contribution in [1.82, 2.24) is 19.8 Å². The van der Waals surface area contributed by atoms with Gasteiger partial charge in [0, 0.05) is 61.5 Å². The van der Waals surface area contributed by atoms with Crippen molar-refractivity contribution in [2.24, 2.45) is 0 Å². The third kappa shape index (κ3) is 6.57. The second-order valence-corrected chi connectivity index (χ2v) is 10.3. The molecule has 8 heteroatoms. The highest BCUT2D eigenvalue weighted by molar-refractivity contribution is 5.64. The van der Waals surface area contributed by atoms with Gasteiger partial charge >= 0.3 is 0 Å². The van der Waals surface area contributed by atoms with E-state index >= 15 is 0 Å². The third-order valence-corrected chi connectivity index (χ3v) is 7.59. The van der Waals surface area contributed by atoms with Crippen LogP contribution < -0.4 is 15.5 Å². The summed E-state index contributed by atoms with van der Waals surface area (Å²) in [5, 5.41) is 16.1. The van der Waals surface area contributed by atoms with Crippen LogP contribution in [0.1, 0.15) is 29.9 Å². The largest absolute Gasteiger partial charge is 0.395 e. The Labute approximate surface area is 220 Å². The highest BCUT2D eigenvalue weighted by Gasteiger charge is 2.20. The van der Waals surface area contributed by atoms with E-state index in [-0.39, 0.29) is 6.61 Å². The van der Waals surface area contributed by atoms with Crippen molar-refractivity contribution in [1.29, 1.82) is 0 Å². The lowest BCUT2D eigenvalue weighted by Crippen LogP contribution is -2.44. The summed E-state index contributed by atoms with van der Waals surface area (Å²) in [5.74, 6) is 1.93. The minimum absolute atomic E-state index is 0.237. The Balaban J connectivity index is 1.22. The zero-order chi connectivity index (χ0) is 25.6. The molecule has 0 atom stereocenters. The van der Waals surface area contributed by atoms with Gasteiger partial charge in [-0.2, -0.15) is 4.98 Å². The quantitative estimate of drug-likeness (QED) is 0.424. The van der Waals surface area contributed by atoms with E-state index in [1.54, 1.807) is 0 Å². The van der Waals surface area contributed by atoms with E-state index in [4.69, 9.17) is 4.98 Å². The molecule has 3 aromatic rings. The number of anilines is 5. The van der Waals surface area contributed by atoms with Crippen molar-refractivity contribution < 1.29 is 5.11 Å². The molecule has 2 saturated heterocycles. The van der Waals surface area contributed by atoms with E-state index in [1.807, 2.05) is 13.1 Å². The number of aliphatic hydroxyl groups is 1. The highest BCUT2D eigenvalue weighted by atomic mass is 16.3. The molecule has 0 bridgehead atoms. The molecule has 0 radical (unpaired) electrons. The normalized spacial score (nSPS) is 17.6. The number of nitrogens with zero attached hydrogens (tertiary/aromatic N) is 5. The zero-order valence-electron chi connectivity index (χ0n) is 22.0. The number of aromatic nitrogens is 2. The first-order valence-electron chi connectivity index (χ1n) is 13.4. The summed E-state index contributed by atoms with van der Waals surface area (Å²) in [5.41, 5.74) is 5.63. The molecular formula is C29H39N7O. The van der Waals surface area contributed by atoms with Gasteiger partial charge in [-0.3, -0.25) is 0 Å². The molecule has 0 unspecified atom stereocenters. The smallest absolute Gasteiger partial charge is 0.229 e. The summed E-state index contributed by atoms with van der Waals surface area (Å²) in [6.45, 7) is 9.43. The number of aryl methyl sites for hydroxylation is 1. The molecule has 2 aliphatic rings. The Morgan fingerprint density at radius 1 is 0.919 bits per heavy atom. The van der Waals surface area contributed by atoms with Crippen LogP contribution in [0.15, 0.2) is 54.7 Å². The van der Waals surface area contributed by atoms with E-state index in [0.717, 1.165) is 81.4 Å². The third-order valence-electron chi connectivity index (χ3n) is 7.59. The number of hydrogen-bond donors (Lipinski definition) is 3. The Morgan fingerprint density at radius 2 is 1.68 bits per heavy atom. The lowest BCUT2D eigenvalue weighted by atomic mass is 9.89. The molecule has 2 aliphatic heterocycles. The van der Waals surface area contributed by atoms with E-state index in [0.29, 0.717) is 11.9 Å². The second kappa shape index (κ2) is 11.9. The number of likely N-dealkylation sites (tertiary alicyclic amines) is 1. The molecule has 0 saturated carbocycles. The van der Waals surface area contributed by atoms with Crippen LogP contribution in [0.4, 0.5) is 28.8 Å². The van der Waals surface area contributed by atoms with Crippen LogP contribution >= 0.6 is 0 Å². The van der Waals surface area contributed by atoms with Gasteiger partial charge in [0.2, 0.25) is 5.95 Å². The molecule has 196 valence electrons. The van der Waals surface area contributed by atoms with Crippen molar-refractivity contribution in [3.05, 3.63) is 65.9 Å². The predicted octanol–water partition coefficient (Wildman–Crippen LogP) is 4.20. The number of aliphatic hydroxyl groups excluding tert-OH is 1. The molecule has 8 nitrogen and oxygen atoms in total. The molecular weight excluding hydrogens is 462 g/mol. The van der Waals surface area contributed by atoms with E-state index in [9.17, 15) is 5.11 Å². The molecule has 1 aromatic heterocycles. The van der Waals surface area contributed by atoms with Gasteiger partial charge < -0.3 is 30.4 Å². The van der Waals surface area contributed by atoms with Crippen molar-refractivity contribution in [3.63, 3.8) is 0 Å². The topological polar surface area (TPSA) is 79.8 Å². The van der Waals surface area contributed by atoms with Gasteiger partial charge in [-0.05, 0) is 87.8 Å². The van der Waals surface area contributed by atoms with Crippen molar-refractivity contribution in [3.8, 4) is 0 Å². The van der Waals surface area contributed by atoms with Crippen molar-refractivity contribution in [2.45, 2.75) is 25.7 Å². The van der Waals surface area contributed by atoms with E-state index in [1.165, 1.54) is 11.3 Å². The number of rotatable bonds is 8. The highest BCUT2D eigenvalue weighted by Crippen LogP contribution is 2.30. The summed E-state index contributed by atoms with van der Waals surface area (Å²) < 4.78 is 0. The fourth-order valence-corrected chi connectivity index (χ4v) is 5.22. The Bertz CT molecular complexity index is 1150. The van der Waals surface area contributed by atoms with Crippen LogP contribution in [0.25, 0.3) is 0 Å². The molecule has 3 N–H and O–H groups in total. The summed E-state index contributed by atoms with van der Waals surface area (Å²) in [4.78, 5) is 16.4. The van der Waals surface area contributed by atoms with Gasteiger partial charge in [-0.1, -0.05) is 12.1 Å². The fourth-order valence-electron chi connectivity index (χ4n) is 5.22. The number of likely N-dealkylation sites (N-methyl/N-ethyl adjacent to an activating group) is 1. The van der Waals surface area contributed by atoms with E-state index < -0.39 is 0 Å². The minimum Gasteiger partial charge on any atom is -0.395 e. The maximum atomic E-state index is 9.20. The average molecular weight is 502 g/mol. The summed E-state index contributed by atoms with van der Waals surface area (Å²) in [6.07, 6.45) is 4.10. The minimum atomic E-state index is 0.237. The Hall–Kier alpha value is -3.20. The molecule has 0 amide bonds. The van der Waals surface area contributed by atoms with Gasteiger partial charge in [0.1, 0.15) is 5.82 Å². The first-order valence-corrected chi connectivity index (χ1v) is 13.4. The molecule has 0 aliphatic carbocycles. The molecule has 3 heterocycles. The van der Waals surface area contributed by atoms with Gasteiger partial charge in [0.15, 0.2) is 0 Å². The van der Waals surface area contributed by atoms with Crippen LogP contribution in [0.2, 0.25) is 0 Å². The lowest BCUT2D eigenvalue weighted by Gasteiger charge is -2.34. The maximum Gasteiger partial charge on any atom is 0.229 e. The lowest BCUT2D eigenvalue weighted by molar-refractivity contribution is 0.164. The van der Waals surface area contributed by atoms with Gasteiger partial charge in [0.05, 0.1) is 6.61 Å². The number of piperidine rings is 1. The molecule has 37 heavy (non-hydrogen) atoms. The van der Waals surface area contributed by atoms with Crippen molar-refractivity contribution >= 4 is 28.8 Å². The van der Waals surface area contributed by atoms with Gasteiger partial charge in [-0.25, -0.2) is 4.98 Å². The Morgan fingerprint density at radius 3 is 2.41 bits per heavy atom. The van der Waals surface area contributed by atoms with Crippen LogP contribution in [0.5, 0.6) is 0 Å². The molecule has 5 rings (SSSR count). The second-order valence-electron chi connectivity index (χ2n) is 10.3. The first-order chi connectivity index (χ1) is 18.1. The standard InChI is InChI=1S/C29H39N7O/c1-22-21-30-29(32-25-6-8-27(9-7-25)36-16-14-34(2)15-17-36)33-28(22)31-26-5-3-4-24(20-26)23-10-12-35(13-11-23)18-19-37/h3-9,20-21,23,37H,10-19H2,1-2H3,(H2,30,31,32,33). The summed E-state index contributed by atoms with van der Waals surface area (Å²) >= 11 is 0. The Kier molecular flexibility index (Phi) is 8.18. The molecule has 2 fully saturated rings. The zero-order valence-corrected chi connectivity index (χ0v) is 22.0. The molecule has 0 spiro atoms. The average Bonchev–Trinajstić information content (AvgIpc) is 2.92. The fraction of sp³-hybridized carbons (Fsp3) is 0.448. The van der Waals surface area contributed by atoms with Gasteiger partial charge in [0.25, 0.3) is 0 Å². The number of nitrogens with one attached hydrogen (secondary N) is 2. The predicted molar refractivity (Wildman–Crippen MR) is 151 cm³/mol. The summed E-state index contributed by atoms with van der Waals surface area (Å²) in [7, 11) is 2.18. The number of piperazine rings is 1. The van der Waals surface area contributed by atoms with Crippen LogP contribution in [0.3, 0.4) is 0 Å². The van der Waals surface area contributed by atoms with Crippen LogP contribution in [-0.2, 0) is 0 Å². The molecule has 2 aromatic carbocycles. The maximum absolute atomic E-state index is 9.20. The number of benzene rings is 2. The van der Waals surface area contributed by atoms with E-state index in [2.05, 4.69) is 85.9 Å². The summed E-state index contributed by atoms with van der Waals surface area (Å²) in [6, 6.07) is 17.2. The van der Waals surface area contributed by atoms with Gasteiger partial charge in [-0.15, -0.1) is 0 Å². The SMILES string of the molecule is Cc1cnc(Nc2ccc(N3CCN(C)CC3)cc2)nc1Nc1cccc(C2CCN(CCO)CC2)c1.